The second kappa shape index (κ2) is 10.5. The van der Waals surface area contributed by atoms with Crippen LogP contribution in [0.3, 0.4) is 0 Å². The fourth-order valence-electron chi connectivity index (χ4n) is 4.00. The number of hydrogen-bond acceptors (Lipinski definition) is 11. The van der Waals surface area contributed by atoms with Gasteiger partial charge in [0.1, 0.15) is 35.5 Å². The molecule has 38 heavy (non-hydrogen) atoms. The molecule has 0 radical (unpaired) electrons. The van der Waals surface area contributed by atoms with Crippen LogP contribution in [0.15, 0.2) is 46.5 Å². The maximum absolute atomic E-state index is 13.0. The molecule has 17 heteroatoms. The number of alkyl halides is 1. The van der Waals surface area contributed by atoms with Gasteiger partial charge in [-0.2, -0.15) is 13.8 Å². The second-order valence-electron chi connectivity index (χ2n) is 8.10. The van der Waals surface area contributed by atoms with Gasteiger partial charge >= 0.3 is 5.97 Å². The zero-order valence-corrected chi connectivity index (χ0v) is 22.1. The fourth-order valence-corrected chi connectivity index (χ4v) is 6.66. The number of nitrogens with one attached hydrogen (secondary N) is 1. The number of nitrogen functional groups attached to an aromatic ring is 1. The summed E-state index contributed by atoms with van der Waals surface area (Å²) >= 11 is 3.74. The number of thiazole rings is 1. The molecule has 198 valence electrons. The molecule has 3 aromatic rings. The highest BCUT2D eigenvalue weighted by molar-refractivity contribution is 8.00. The van der Waals surface area contributed by atoms with Crippen molar-refractivity contribution in [3.05, 3.63) is 52.8 Å². The summed E-state index contributed by atoms with van der Waals surface area (Å²) in [4.78, 5) is 48.3. The van der Waals surface area contributed by atoms with Crippen molar-refractivity contribution in [2.24, 2.45) is 5.16 Å². The Morgan fingerprint density at radius 2 is 2.29 bits per heavy atom. The number of allylic oxidation sites excluding steroid dienone is 2. The average Bonchev–Trinajstić information content (AvgIpc) is 3.59. The van der Waals surface area contributed by atoms with Crippen LogP contribution < -0.4 is 15.6 Å². The molecule has 0 aromatic carbocycles. The predicted octanol–water partition coefficient (Wildman–Crippen LogP) is 0.673. The quantitative estimate of drug-likeness (QED) is 0.143. The number of carboxylic acid groups (broad SMARTS) is 1. The molecule has 2 atom stereocenters. The van der Waals surface area contributed by atoms with Crippen LogP contribution in [-0.4, -0.2) is 71.3 Å². The number of hydrogen-bond donors (Lipinski definition) is 3. The third-order valence-corrected chi connectivity index (χ3v) is 8.55. The molecule has 1 fully saturated rings. The number of rotatable bonds is 9. The summed E-state index contributed by atoms with van der Waals surface area (Å²) in [6, 6.07) is -1.04. The Hall–Kier alpha value is -3.83. The molecular weight excluding hydrogens is 559 g/mol. The number of nitrogens with zero attached hydrogens (tertiary/aromatic N) is 6. The van der Waals surface area contributed by atoms with Gasteiger partial charge in [-0.3, -0.25) is 14.5 Å². The summed E-state index contributed by atoms with van der Waals surface area (Å²) in [5.74, 6) is -2.62. The van der Waals surface area contributed by atoms with Gasteiger partial charge in [0.05, 0.1) is 0 Å². The number of fused-ring (bicyclic) bond motifs is 2. The monoisotopic (exact) mass is 579 g/mol. The van der Waals surface area contributed by atoms with E-state index in [1.807, 2.05) is 30.1 Å². The Morgan fingerprint density at radius 1 is 1.47 bits per heavy atom. The van der Waals surface area contributed by atoms with Crippen molar-refractivity contribution in [1.82, 2.24) is 24.0 Å². The molecular formula is C21H20FN8O5S3+. The summed E-state index contributed by atoms with van der Waals surface area (Å²) in [5, 5.41) is 17.2. The number of nitrogens with two attached hydrogens (primary N) is 1. The highest BCUT2D eigenvalue weighted by Gasteiger charge is 2.54. The van der Waals surface area contributed by atoms with E-state index >= 15 is 0 Å². The van der Waals surface area contributed by atoms with Gasteiger partial charge in [-0.1, -0.05) is 22.6 Å². The number of aryl methyl sites for hydroxylation is 1. The van der Waals surface area contributed by atoms with Crippen molar-refractivity contribution in [2.75, 3.05) is 18.3 Å². The third-order valence-electron chi connectivity index (χ3n) is 5.70. The zero-order chi connectivity index (χ0) is 27.0. The number of amides is 2. The number of anilines is 1. The summed E-state index contributed by atoms with van der Waals surface area (Å²) in [6.45, 7) is 1.23. The van der Waals surface area contributed by atoms with Crippen LogP contribution in [0.1, 0.15) is 11.5 Å². The number of imidazole rings is 1. The van der Waals surface area contributed by atoms with E-state index in [1.54, 1.807) is 17.4 Å². The first-order valence-corrected chi connectivity index (χ1v) is 13.7. The molecule has 2 aliphatic heterocycles. The minimum atomic E-state index is -1.30. The second-order valence-corrected chi connectivity index (χ2v) is 10.9. The van der Waals surface area contributed by atoms with Crippen molar-refractivity contribution in [3.63, 3.8) is 0 Å². The Balaban J connectivity index is 1.30. The maximum Gasteiger partial charge on any atom is 0.352 e. The lowest BCUT2D eigenvalue weighted by molar-refractivity contribution is -0.685. The predicted molar refractivity (Wildman–Crippen MR) is 137 cm³/mol. The van der Waals surface area contributed by atoms with E-state index in [0.717, 1.165) is 27.0 Å². The van der Waals surface area contributed by atoms with Crippen LogP contribution in [0, 0.1) is 6.92 Å². The fraction of sp³-hybridized carbons (Fsp3) is 0.286. The molecule has 4 N–H and O–H groups in total. The first-order valence-electron chi connectivity index (χ1n) is 11.0. The molecule has 1 saturated heterocycles. The van der Waals surface area contributed by atoms with E-state index in [9.17, 15) is 23.9 Å². The minimum absolute atomic E-state index is 0.0526. The average molecular weight is 580 g/mol. The van der Waals surface area contributed by atoms with E-state index in [2.05, 4.69) is 34.4 Å². The number of aromatic nitrogens is 4. The Labute approximate surface area is 226 Å². The molecule has 0 spiro atoms. The number of carbonyl (C=O) groups excluding carboxylic acids is 2. The molecule has 0 bridgehead atoms. The highest BCUT2D eigenvalue weighted by Crippen LogP contribution is 2.40. The van der Waals surface area contributed by atoms with Gasteiger partial charge in [0.25, 0.3) is 18.7 Å². The van der Waals surface area contributed by atoms with Gasteiger partial charge in [-0.05, 0) is 18.6 Å². The summed E-state index contributed by atoms with van der Waals surface area (Å²) in [7, 11) is 0. The standard InChI is InChI=1S/C21H19FN8O5S3/c1-10-6-36-12-5-28(9-29(10)12)4-2-3-11-7-37-19-14(18(32)30(19)15(11)20(33)34)24-17(31)13(26-35-8-22)16-25-21(23)38-27-16/h2-3,5-6,9,14,19H,4,7-8H2,1H3,(H3-,23,24,25,27,31,33,34)/p+1/b3-2+,26-13-/t14-,19-/m1/s1. The van der Waals surface area contributed by atoms with Crippen LogP contribution in [0.25, 0.3) is 4.83 Å². The number of carboxylic acids is 1. The molecule has 0 unspecified atom stereocenters. The topological polar surface area (TPSA) is 168 Å². The zero-order valence-electron chi connectivity index (χ0n) is 19.6. The first kappa shape index (κ1) is 25.8. The lowest BCUT2D eigenvalue weighted by Crippen LogP contribution is -2.71. The van der Waals surface area contributed by atoms with Crippen LogP contribution in [0.2, 0.25) is 0 Å². The van der Waals surface area contributed by atoms with Gasteiger partial charge in [-0.15, -0.1) is 11.8 Å². The smallest absolute Gasteiger partial charge is 0.352 e. The summed E-state index contributed by atoms with van der Waals surface area (Å²) in [6.07, 6.45) is 7.50. The number of aliphatic carboxylic acids is 1. The number of oxime groups is 1. The molecule has 13 nitrogen and oxygen atoms in total. The van der Waals surface area contributed by atoms with Crippen molar-refractivity contribution in [2.45, 2.75) is 24.9 Å². The first-order chi connectivity index (χ1) is 18.3. The molecule has 5 heterocycles. The molecule has 0 aliphatic carbocycles. The SMILES string of the molecule is Cc1csc2c[n+](C/C=C/C3=C(C(=O)O)N4C(=O)[C@@H](NC(=O)/C(=N\OCF)c5nsc(N)n5)[C@H]4SC3)cn12. The normalized spacial score (nSPS) is 19.7. The van der Waals surface area contributed by atoms with E-state index in [0.29, 0.717) is 17.9 Å². The molecule has 0 saturated carbocycles. The lowest BCUT2D eigenvalue weighted by Gasteiger charge is -2.49. The van der Waals surface area contributed by atoms with Crippen molar-refractivity contribution in [1.29, 1.82) is 0 Å². The molecule has 5 rings (SSSR count). The summed E-state index contributed by atoms with van der Waals surface area (Å²) in [5.41, 5.74) is 6.55. The third kappa shape index (κ3) is 4.74. The Morgan fingerprint density at radius 3 is 2.97 bits per heavy atom. The van der Waals surface area contributed by atoms with Gasteiger partial charge in [0.2, 0.25) is 22.7 Å². The van der Waals surface area contributed by atoms with Gasteiger partial charge in [0.15, 0.2) is 5.13 Å². The van der Waals surface area contributed by atoms with Crippen molar-refractivity contribution < 1.29 is 33.3 Å². The number of carbonyl (C=O) groups is 3. The van der Waals surface area contributed by atoms with Crippen LogP contribution in [0.4, 0.5) is 9.52 Å². The van der Waals surface area contributed by atoms with Gasteiger partial charge in [-0.25, -0.2) is 13.8 Å². The number of thioether (sulfide) groups is 1. The van der Waals surface area contributed by atoms with Crippen LogP contribution in [0.5, 0.6) is 0 Å². The van der Waals surface area contributed by atoms with E-state index in [4.69, 9.17) is 5.73 Å². The van der Waals surface area contributed by atoms with Crippen LogP contribution >= 0.6 is 34.6 Å². The van der Waals surface area contributed by atoms with E-state index in [-0.39, 0.29) is 16.7 Å². The van der Waals surface area contributed by atoms with Gasteiger partial charge in [0, 0.05) is 22.7 Å². The van der Waals surface area contributed by atoms with E-state index in [1.165, 1.54) is 11.8 Å². The number of β-lactam (4-membered cyclic amide) rings is 1. The molecule has 3 aromatic heterocycles. The molecule has 2 aliphatic rings. The largest absolute Gasteiger partial charge is 0.477 e. The molecule has 2 amide bonds. The van der Waals surface area contributed by atoms with E-state index < -0.39 is 41.8 Å². The van der Waals surface area contributed by atoms with Gasteiger partial charge < -0.3 is 21.0 Å². The minimum Gasteiger partial charge on any atom is -0.477 e. The van der Waals surface area contributed by atoms with Crippen molar-refractivity contribution in [3.8, 4) is 0 Å². The number of halogens is 1. The maximum atomic E-state index is 13.0. The highest BCUT2D eigenvalue weighted by atomic mass is 32.2. The Bertz CT molecular complexity index is 1530. The van der Waals surface area contributed by atoms with Crippen LogP contribution in [-0.2, 0) is 25.8 Å². The lowest BCUT2D eigenvalue weighted by atomic mass is 10.0. The summed E-state index contributed by atoms with van der Waals surface area (Å²) < 4.78 is 20.4. The Kier molecular flexibility index (Phi) is 7.13. The van der Waals surface area contributed by atoms with Crippen molar-refractivity contribution >= 4 is 68.1 Å².